The summed E-state index contributed by atoms with van der Waals surface area (Å²) in [6.45, 7) is 7.65. The molecule has 2 aromatic carbocycles. The van der Waals surface area contributed by atoms with Crippen LogP contribution in [0.4, 0.5) is 4.79 Å². The minimum atomic E-state index is -0.689. The number of carbonyl (C=O) groups excluding carboxylic acids is 2. The molecule has 1 heterocycles. The highest BCUT2D eigenvalue weighted by molar-refractivity contribution is 6.35. The number of rotatable bonds is 2. The highest BCUT2D eigenvalue weighted by Crippen LogP contribution is 2.53. The number of hydrogen-bond acceptors (Lipinski definition) is 3. The maximum Gasteiger partial charge on any atom is 0.417 e. The molecule has 1 aliphatic heterocycles. The average molecular weight is 507 g/mol. The molecule has 7 heteroatoms. The molecule has 174 valence electrons. The van der Waals surface area contributed by atoms with Crippen LogP contribution in [0.5, 0.6) is 0 Å². The summed E-state index contributed by atoms with van der Waals surface area (Å²) in [7, 11) is 0. The van der Waals surface area contributed by atoms with Gasteiger partial charge in [0.1, 0.15) is 5.60 Å². The van der Waals surface area contributed by atoms with Crippen molar-refractivity contribution in [3.63, 3.8) is 0 Å². The van der Waals surface area contributed by atoms with E-state index in [0.29, 0.717) is 15.1 Å². The summed E-state index contributed by atoms with van der Waals surface area (Å²) in [5.74, 6) is -0.948. The van der Waals surface area contributed by atoms with E-state index in [1.807, 2.05) is 49.4 Å². The number of benzene rings is 2. The molecule has 1 fully saturated rings. The van der Waals surface area contributed by atoms with Crippen molar-refractivity contribution in [1.29, 1.82) is 0 Å². The lowest BCUT2D eigenvalue weighted by Crippen LogP contribution is -2.38. The van der Waals surface area contributed by atoms with Gasteiger partial charge in [-0.3, -0.25) is 4.79 Å². The van der Waals surface area contributed by atoms with Gasteiger partial charge in [0.2, 0.25) is 5.91 Å². The zero-order chi connectivity index (χ0) is 24.1. The molecule has 2 aromatic rings. The number of ether oxygens (including phenoxy) is 1. The average Bonchev–Trinajstić information content (AvgIpc) is 3.03. The predicted molar refractivity (Wildman–Crippen MR) is 132 cm³/mol. The largest absolute Gasteiger partial charge is 0.443 e. The van der Waals surface area contributed by atoms with Crippen molar-refractivity contribution in [2.75, 3.05) is 6.54 Å². The summed E-state index contributed by atoms with van der Waals surface area (Å²) in [4.78, 5) is 27.4. The molecule has 0 aromatic heterocycles. The number of allylic oxidation sites excluding steroid dienone is 1. The third-order valence-corrected chi connectivity index (χ3v) is 7.14. The number of carbonyl (C=O) groups is 2. The van der Waals surface area contributed by atoms with Crippen molar-refractivity contribution in [2.24, 2.45) is 11.8 Å². The van der Waals surface area contributed by atoms with Crippen LogP contribution in [-0.4, -0.2) is 29.0 Å². The quantitative estimate of drug-likeness (QED) is 0.397. The van der Waals surface area contributed by atoms with Gasteiger partial charge < -0.3 is 4.74 Å². The maximum absolute atomic E-state index is 13.3. The number of fused-ring (bicyclic) bond motifs is 1. The van der Waals surface area contributed by atoms with Gasteiger partial charge in [0.25, 0.3) is 0 Å². The molecule has 2 amide bonds. The Hall–Kier alpha value is -2.01. The molecule has 1 aliphatic carbocycles. The van der Waals surface area contributed by atoms with Crippen LogP contribution in [0.15, 0.2) is 54.1 Å². The Balaban J connectivity index is 1.80. The SMILES string of the molecule is CC1=C[C@@H]2C(=O)N(C(=O)OC(C)(C)C)C[C@H]2[C@@H](c2ccc(Cl)cc2)[C@@H]1c1ccc(Cl)cc1Cl. The molecule has 1 saturated heterocycles. The fourth-order valence-corrected chi connectivity index (χ4v) is 5.68. The Morgan fingerprint density at radius 3 is 2.27 bits per heavy atom. The van der Waals surface area contributed by atoms with Crippen LogP contribution in [-0.2, 0) is 9.53 Å². The van der Waals surface area contributed by atoms with Crippen molar-refractivity contribution in [1.82, 2.24) is 4.90 Å². The van der Waals surface area contributed by atoms with Gasteiger partial charge in [-0.25, -0.2) is 9.69 Å². The van der Waals surface area contributed by atoms with Crippen LogP contribution >= 0.6 is 34.8 Å². The molecule has 2 aliphatic rings. The molecule has 4 rings (SSSR count). The maximum atomic E-state index is 13.3. The van der Waals surface area contributed by atoms with E-state index >= 15 is 0 Å². The van der Waals surface area contributed by atoms with E-state index in [4.69, 9.17) is 39.5 Å². The van der Waals surface area contributed by atoms with E-state index in [1.165, 1.54) is 4.90 Å². The lowest BCUT2D eigenvalue weighted by molar-refractivity contribution is -0.129. The van der Waals surface area contributed by atoms with Crippen LogP contribution in [0.25, 0.3) is 0 Å². The number of amides is 2. The molecule has 4 atom stereocenters. The van der Waals surface area contributed by atoms with E-state index < -0.39 is 17.6 Å². The summed E-state index contributed by atoms with van der Waals surface area (Å²) in [6.07, 6.45) is 1.38. The van der Waals surface area contributed by atoms with Crippen molar-refractivity contribution in [3.05, 3.63) is 80.3 Å². The third-order valence-electron chi connectivity index (χ3n) is 6.33. The lowest BCUT2D eigenvalue weighted by atomic mass is 9.64. The van der Waals surface area contributed by atoms with Gasteiger partial charge in [0, 0.05) is 33.4 Å². The van der Waals surface area contributed by atoms with Crippen molar-refractivity contribution in [3.8, 4) is 0 Å². The van der Waals surface area contributed by atoms with Gasteiger partial charge in [-0.1, -0.05) is 64.7 Å². The van der Waals surface area contributed by atoms with E-state index in [9.17, 15) is 9.59 Å². The monoisotopic (exact) mass is 505 g/mol. The Kier molecular flexibility index (Phi) is 6.56. The first-order chi connectivity index (χ1) is 15.5. The smallest absolute Gasteiger partial charge is 0.417 e. The molecule has 4 nitrogen and oxygen atoms in total. The van der Waals surface area contributed by atoms with Gasteiger partial charge in [-0.2, -0.15) is 0 Å². The molecule has 0 saturated carbocycles. The zero-order valence-electron chi connectivity index (χ0n) is 18.9. The molecule has 0 spiro atoms. The number of halogens is 3. The normalized spacial score (nSPS) is 25.0. The Morgan fingerprint density at radius 2 is 1.67 bits per heavy atom. The van der Waals surface area contributed by atoms with E-state index in [2.05, 4.69) is 0 Å². The summed E-state index contributed by atoms with van der Waals surface area (Å²) >= 11 is 19.0. The number of likely N-dealkylation sites (tertiary alicyclic amines) is 1. The minimum absolute atomic E-state index is 0.0800. The second-order valence-corrected chi connectivity index (χ2v) is 11.0. The van der Waals surface area contributed by atoms with Gasteiger partial charge in [0.15, 0.2) is 0 Å². The Bertz CT molecular complexity index is 1120. The fourth-order valence-electron chi connectivity index (χ4n) is 5.03. The van der Waals surface area contributed by atoms with Gasteiger partial charge >= 0.3 is 6.09 Å². The summed E-state index contributed by atoms with van der Waals surface area (Å²) in [5.41, 5.74) is 2.32. The van der Waals surface area contributed by atoms with E-state index in [1.54, 1.807) is 26.8 Å². The first-order valence-corrected chi connectivity index (χ1v) is 12.0. The fraction of sp³-hybridized carbons (Fsp3) is 0.385. The highest BCUT2D eigenvalue weighted by Gasteiger charge is 2.51. The van der Waals surface area contributed by atoms with Crippen molar-refractivity contribution < 1.29 is 14.3 Å². The summed E-state index contributed by atoms with van der Waals surface area (Å²) in [5, 5.41) is 1.78. The molecular formula is C26H26Cl3NO3. The standard InChI is InChI=1S/C26H26Cl3NO3/c1-14-11-19-20(13-30(24(19)31)25(32)33-26(2,3)4)23(15-5-7-16(27)8-6-15)22(14)18-10-9-17(28)12-21(18)29/h5-12,19-20,22-23H,13H2,1-4H3/t19-,20+,22-,23+/m0/s1. The second kappa shape index (κ2) is 8.98. The first kappa shape index (κ1) is 24.1. The summed E-state index contributed by atoms with van der Waals surface area (Å²) in [6, 6.07) is 13.2. The highest BCUT2D eigenvalue weighted by atomic mass is 35.5. The van der Waals surface area contributed by atoms with Gasteiger partial charge in [-0.15, -0.1) is 0 Å². The molecule has 0 bridgehead atoms. The van der Waals surface area contributed by atoms with Crippen LogP contribution < -0.4 is 0 Å². The number of imide groups is 1. The van der Waals surface area contributed by atoms with Crippen LogP contribution in [0.2, 0.25) is 15.1 Å². The first-order valence-electron chi connectivity index (χ1n) is 10.9. The topological polar surface area (TPSA) is 46.6 Å². The molecule has 33 heavy (non-hydrogen) atoms. The van der Waals surface area contributed by atoms with E-state index in [-0.39, 0.29) is 30.2 Å². The van der Waals surface area contributed by atoms with Gasteiger partial charge in [0.05, 0.1) is 5.92 Å². The second-order valence-electron chi connectivity index (χ2n) is 9.75. The van der Waals surface area contributed by atoms with E-state index in [0.717, 1.165) is 16.7 Å². The molecule has 0 unspecified atom stereocenters. The lowest BCUT2D eigenvalue weighted by Gasteiger charge is -2.39. The Morgan fingerprint density at radius 1 is 1.03 bits per heavy atom. The minimum Gasteiger partial charge on any atom is -0.443 e. The number of nitrogens with zero attached hydrogens (tertiary/aromatic N) is 1. The predicted octanol–water partition coefficient (Wildman–Crippen LogP) is 7.48. The molecular weight excluding hydrogens is 481 g/mol. The van der Waals surface area contributed by atoms with Crippen molar-refractivity contribution >= 4 is 46.8 Å². The van der Waals surface area contributed by atoms with Crippen LogP contribution in [0.3, 0.4) is 0 Å². The van der Waals surface area contributed by atoms with Crippen LogP contribution in [0, 0.1) is 11.8 Å². The number of hydrogen-bond donors (Lipinski definition) is 0. The van der Waals surface area contributed by atoms with Crippen molar-refractivity contribution in [2.45, 2.75) is 45.1 Å². The third kappa shape index (κ3) is 4.80. The zero-order valence-corrected chi connectivity index (χ0v) is 21.2. The molecule has 0 N–H and O–H groups in total. The Labute approximate surface area is 209 Å². The van der Waals surface area contributed by atoms with Crippen LogP contribution in [0.1, 0.15) is 50.7 Å². The summed E-state index contributed by atoms with van der Waals surface area (Å²) < 4.78 is 5.52. The molecule has 0 radical (unpaired) electrons. The van der Waals surface area contributed by atoms with Gasteiger partial charge in [-0.05, 0) is 69.0 Å².